The van der Waals surface area contributed by atoms with Crippen molar-refractivity contribution in [3.05, 3.63) is 95.3 Å². The van der Waals surface area contributed by atoms with Crippen LogP contribution in [0.2, 0.25) is 0 Å². The molecule has 4 rings (SSSR count). The van der Waals surface area contributed by atoms with Gasteiger partial charge in [0.2, 0.25) is 5.91 Å². The van der Waals surface area contributed by atoms with Crippen LogP contribution in [0.3, 0.4) is 0 Å². The molecule has 1 aliphatic rings. The van der Waals surface area contributed by atoms with Crippen LogP contribution in [0.15, 0.2) is 66.7 Å². The quantitative estimate of drug-likeness (QED) is 0.514. The average molecular weight is 454 g/mol. The van der Waals surface area contributed by atoms with Gasteiger partial charge < -0.3 is 10.0 Å². The minimum absolute atomic E-state index is 0.0276. The summed E-state index contributed by atoms with van der Waals surface area (Å²) in [4.78, 5) is 15.0. The van der Waals surface area contributed by atoms with E-state index in [1.54, 1.807) is 24.3 Å². The monoisotopic (exact) mass is 453 g/mol. The molecule has 1 fully saturated rings. The van der Waals surface area contributed by atoms with Gasteiger partial charge in [-0.25, -0.2) is 13.2 Å². The van der Waals surface area contributed by atoms with Crippen LogP contribution in [-0.2, 0) is 10.2 Å². The molecule has 3 aromatic rings. The Kier molecular flexibility index (Phi) is 6.56. The summed E-state index contributed by atoms with van der Waals surface area (Å²) in [6.45, 7) is 2.40. The fourth-order valence-electron chi connectivity index (χ4n) is 4.81. The zero-order valence-electron chi connectivity index (χ0n) is 18.4. The molecule has 0 aromatic heterocycles. The van der Waals surface area contributed by atoms with Crippen LogP contribution in [0.4, 0.5) is 13.2 Å². The maximum absolute atomic E-state index is 14.1. The lowest BCUT2D eigenvalue weighted by atomic mass is 9.70. The number of amides is 1. The van der Waals surface area contributed by atoms with Crippen molar-refractivity contribution < 1.29 is 23.1 Å². The Morgan fingerprint density at radius 1 is 0.970 bits per heavy atom. The Labute approximate surface area is 191 Å². The molecule has 1 aliphatic heterocycles. The fourth-order valence-corrected chi connectivity index (χ4v) is 4.81. The maximum Gasteiger partial charge on any atom is 0.223 e. The molecule has 1 heterocycles. The molecule has 1 N–H and O–H groups in total. The number of piperidine rings is 1. The van der Waals surface area contributed by atoms with Gasteiger partial charge in [0.05, 0.1) is 6.04 Å². The van der Waals surface area contributed by atoms with Crippen LogP contribution < -0.4 is 0 Å². The first-order valence-electron chi connectivity index (χ1n) is 11.0. The van der Waals surface area contributed by atoms with Crippen molar-refractivity contribution >= 4 is 5.91 Å². The highest BCUT2D eigenvalue weighted by Gasteiger charge is 2.41. The topological polar surface area (TPSA) is 40.5 Å². The van der Waals surface area contributed by atoms with Crippen LogP contribution in [-0.4, -0.2) is 29.1 Å². The molecular formula is C27H26F3NO2. The molecule has 172 valence electrons. The predicted octanol–water partition coefficient (Wildman–Crippen LogP) is 5.77. The van der Waals surface area contributed by atoms with Crippen LogP contribution >= 0.6 is 0 Å². The molecule has 3 aromatic carbocycles. The number of hydrogen-bond donors (Lipinski definition) is 1. The van der Waals surface area contributed by atoms with E-state index in [-0.39, 0.29) is 30.8 Å². The van der Waals surface area contributed by atoms with Crippen LogP contribution in [0.1, 0.15) is 43.4 Å². The van der Waals surface area contributed by atoms with Crippen molar-refractivity contribution in [1.29, 1.82) is 0 Å². The number of carbonyl (C=O) groups is 1. The van der Waals surface area contributed by atoms with Crippen LogP contribution in [0.25, 0.3) is 11.1 Å². The number of halogens is 3. The lowest BCUT2D eigenvalue weighted by Gasteiger charge is -2.44. The van der Waals surface area contributed by atoms with E-state index < -0.39 is 17.0 Å². The standard InChI is InChI=1S/C27H26F3NO2/c1-18(19-2-4-20(5-3-19)24-11-10-23(29)16-25(24)30)31-14-12-27(13-15-32,17-26(31)33)21-6-8-22(28)9-7-21/h2-11,16,18,32H,12-15,17H2,1H3/t18-,27+/m1/s1. The number of nitrogens with zero attached hydrogens (tertiary/aromatic N) is 1. The summed E-state index contributed by atoms with van der Waals surface area (Å²) in [7, 11) is 0. The first kappa shape index (κ1) is 23.1. The number of aliphatic hydroxyl groups excluding tert-OH is 1. The van der Waals surface area contributed by atoms with Gasteiger partial charge in [0.15, 0.2) is 0 Å². The van der Waals surface area contributed by atoms with E-state index in [0.29, 0.717) is 30.5 Å². The van der Waals surface area contributed by atoms with E-state index in [2.05, 4.69) is 0 Å². The summed E-state index contributed by atoms with van der Waals surface area (Å²) in [5.41, 5.74) is 2.21. The van der Waals surface area contributed by atoms with Crippen LogP contribution in [0, 0.1) is 17.5 Å². The van der Waals surface area contributed by atoms with Gasteiger partial charge in [0.1, 0.15) is 17.5 Å². The SMILES string of the molecule is C[C@H](c1ccc(-c2ccc(F)cc2F)cc1)N1CC[C@@](CCO)(c2ccc(F)cc2)CC1=O. The van der Waals surface area contributed by atoms with Crippen molar-refractivity contribution in [2.24, 2.45) is 0 Å². The molecule has 6 heteroatoms. The maximum atomic E-state index is 14.1. The summed E-state index contributed by atoms with van der Waals surface area (Å²) >= 11 is 0. The largest absolute Gasteiger partial charge is 0.396 e. The molecule has 0 saturated carbocycles. The van der Waals surface area contributed by atoms with Gasteiger partial charge in [0, 0.05) is 36.6 Å². The van der Waals surface area contributed by atoms with Crippen molar-refractivity contribution in [3.8, 4) is 11.1 Å². The zero-order chi connectivity index (χ0) is 23.6. The third-order valence-corrected chi connectivity index (χ3v) is 6.79. The van der Waals surface area contributed by atoms with Crippen molar-refractivity contribution in [1.82, 2.24) is 4.90 Å². The van der Waals surface area contributed by atoms with Crippen molar-refractivity contribution in [2.75, 3.05) is 13.2 Å². The molecule has 0 bridgehead atoms. The molecule has 0 unspecified atom stereocenters. The van der Waals surface area contributed by atoms with E-state index in [4.69, 9.17) is 0 Å². The third-order valence-electron chi connectivity index (χ3n) is 6.79. The second-order valence-corrected chi connectivity index (χ2v) is 8.70. The van der Waals surface area contributed by atoms with Gasteiger partial charge in [-0.05, 0) is 60.7 Å². The zero-order valence-corrected chi connectivity index (χ0v) is 18.4. The number of likely N-dealkylation sites (tertiary alicyclic amines) is 1. The number of aliphatic hydroxyl groups is 1. The summed E-state index contributed by atoms with van der Waals surface area (Å²) in [6, 6.07) is 16.7. The molecule has 1 amide bonds. The highest BCUT2D eigenvalue weighted by molar-refractivity contribution is 5.79. The van der Waals surface area contributed by atoms with E-state index >= 15 is 0 Å². The molecule has 3 nitrogen and oxygen atoms in total. The molecule has 2 atom stereocenters. The molecule has 1 saturated heterocycles. The summed E-state index contributed by atoms with van der Waals surface area (Å²) in [5, 5.41) is 9.65. The normalized spacial score (nSPS) is 19.5. The number of rotatable bonds is 6. The first-order valence-corrected chi connectivity index (χ1v) is 11.0. The van der Waals surface area contributed by atoms with Crippen molar-refractivity contribution in [2.45, 2.75) is 37.6 Å². The minimum atomic E-state index is -0.622. The lowest BCUT2D eigenvalue weighted by molar-refractivity contribution is -0.138. The van der Waals surface area contributed by atoms with E-state index in [1.165, 1.54) is 24.3 Å². The van der Waals surface area contributed by atoms with E-state index in [9.17, 15) is 23.1 Å². The fraction of sp³-hybridized carbons (Fsp3) is 0.296. The first-order chi connectivity index (χ1) is 15.8. The smallest absolute Gasteiger partial charge is 0.223 e. The summed E-state index contributed by atoms with van der Waals surface area (Å²) in [6.07, 6.45) is 1.33. The molecule has 0 aliphatic carbocycles. The average Bonchev–Trinajstić information content (AvgIpc) is 2.79. The van der Waals surface area contributed by atoms with Gasteiger partial charge in [-0.3, -0.25) is 4.79 Å². The second-order valence-electron chi connectivity index (χ2n) is 8.70. The van der Waals surface area contributed by atoms with Gasteiger partial charge in [0.25, 0.3) is 0 Å². The summed E-state index contributed by atoms with van der Waals surface area (Å²) in [5.74, 6) is -1.61. The Bertz CT molecular complexity index is 1130. The summed E-state index contributed by atoms with van der Waals surface area (Å²) < 4.78 is 40.7. The predicted molar refractivity (Wildman–Crippen MR) is 121 cm³/mol. The van der Waals surface area contributed by atoms with E-state index in [0.717, 1.165) is 17.2 Å². The van der Waals surface area contributed by atoms with E-state index in [1.807, 2.05) is 24.0 Å². The number of benzene rings is 3. The minimum Gasteiger partial charge on any atom is -0.396 e. The van der Waals surface area contributed by atoms with Gasteiger partial charge >= 0.3 is 0 Å². The third kappa shape index (κ3) is 4.67. The van der Waals surface area contributed by atoms with Gasteiger partial charge in [-0.1, -0.05) is 36.4 Å². The highest BCUT2D eigenvalue weighted by Crippen LogP contribution is 2.41. The molecular weight excluding hydrogens is 427 g/mol. The lowest BCUT2D eigenvalue weighted by Crippen LogP contribution is -2.47. The molecule has 0 spiro atoms. The van der Waals surface area contributed by atoms with Gasteiger partial charge in [-0.15, -0.1) is 0 Å². The Morgan fingerprint density at radius 2 is 1.64 bits per heavy atom. The Balaban J connectivity index is 1.52. The number of hydrogen-bond acceptors (Lipinski definition) is 2. The number of carbonyl (C=O) groups excluding carboxylic acids is 1. The van der Waals surface area contributed by atoms with Crippen LogP contribution in [0.5, 0.6) is 0 Å². The van der Waals surface area contributed by atoms with Crippen molar-refractivity contribution in [3.63, 3.8) is 0 Å². The second kappa shape index (κ2) is 9.40. The molecule has 0 radical (unpaired) electrons. The Hall–Kier alpha value is -3.12. The molecule has 33 heavy (non-hydrogen) atoms. The van der Waals surface area contributed by atoms with Gasteiger partial charge in [-0.2, -0.15) is 0 Å². The Morgan fingerprint density at radius 3 is 2.24 bits per heavy atom. The highest BCUT2D eigenvalue weighted by atomic mass is 19.1.